The Hall–Kier alpha value is -4.64. The third-order valence-corrected chi connectivity index (χ3v) is 16.3. The van der Waals surface area contributed by atoms with Gasteiger partial charge >= 0.3 is 0 Å². The monoisotopic (exact) mass is 1030 g/mol. The van der Waals surface area contributed by atoms with E-state index in [9.17, 15) is 0 Å². The maximum absolute atomic E-state index is 4.08. The maximum Gasteiger partial charge on any atom is 0.0547 e. The Bertz CT molecular complexity index is 3160. The number of hydrogen-bond donors (Lipinski definition) is 0. The number of aryl methyl sites for hydroxylation is 4. The van der Waals surface area contributed by atoms with Gasteiger partial charge in [0.15, 0.2) is 0 Å². The van der Waals surface area contributed by atoms with E-state index in [2.05, 4.69) is 190 Å². The molecular weight excluding hydrogens is 957 g/mol. The van der Waals surface area contributed by atoms with Gasteiger partial charge in [0.1, 0.15) is 0 Å². The van der Waals surface area contributed by atoms with Crippen LogP contribution >= 0.6 is 31.9 Å². The van der Waals surface area contributed by atoms with Gasteiger partial charge in [0, 0.05) is 41.9 Å². The summed E-state index contributed by atoms with van der Waals surface area (Å²) in [7, 11) is 0. The van der Waals surface area contributed by atoms with E-state index in [1.807, 2.05) is 0 Å². The summed E-state index contributed by atoms with van der Waals surface area (Å²) in [5, 5.41) is 7.88. The highest BCUT2D eigenvalue weighted by Crippen LogP contribution is 2.43. The molecule has 0 unspecified atom stereocenters. The van der Waals surface area contributed by atoms with Crippen molar-refractivity contribution in [2.45, 2.75) is 156 Å². The molecule has 0 saturated heterocycles. The van der Waals surface area contributed by atoms with Gasteiger partial charge in [0.25, 0.3) is 0 Å². The molecule has 9 rings (SSSR count). The fraction of sp³-hybridized carbons (Fsp3) is 0.375. The average Bonchev–Trinajstić information content (AvgIpc) is 3.87. The lowest BCUT2D eigenvalue weighted by molar-refractivity contribution is 0.661. The predicted molar refractivity (Wildman–Crippen MR) is 305 cm³/mol. The Labute approximate surface area is 423 Å². The molecule has 0 radical (unpaired) electrons. The lowest BCUT2D eigenvalue weighted by Crippen LogP contribution is -2.03. The standard InChI is InChI=1S/C64H72Br2N2/c1-5-9-13-17-26-48-43-62(50(41-56(48)65)28-19-15-11-7-3)67-58-32-24-23-31-53(58)54-39-46(34-36-59(54)67)47-35-37-60-55(40-47)64-52-30-22-21-25-45(52)33-38-61(64)68(60)63-44-49(27-18-14-10-6-2)57(66)42-51(63)29-20-16-12-8-4/h21-25,30-44H,5-20,26-29H2,1-4H3. The van der Waals surface area contributed by atoms with Gasteiger partial charge < -0.3 is 9.13 Å². The van der Waals surface area contributed by atoms with E-state index in [0.29, 0.717) is 0 Å². The van der Waals surface area contributed by atoms with Crippen molar-refractivity contribution in [3.05, 3.63) is 153 Å². The SMILES string of the molecule is CCCCCCc1cc(-n2c3ccccc3c3cc(-c4ccc5c(c4)c4c6ccccc6ccc4n5-c4cc(CCCCCC)c(Br)cc4CCCCCC)ccc32)c(CCCCCC)cc1Br. The van der Waals surface area contributed by atoms with Crippen molar-refractivity contribution in [1.29, 1.82) is 0 Å². The van der Waals surface area contributed by atoms with E-state index in [1.54, 1.807) is 0 Å². The molecule has 0 aliphatic heterocycles. The summed E-state index contributed by atoms with van der Waals surface area (Å²) in [4.78, 5) is 0. The highest BCUT2D eigenvalue weighted by molar-refractivity contribution is 9.10. The minimum Gasteiger partial charge on any atom is -0.309 e. The van der Waals surface area contributed by atoms with Crippen molar-refractivity contribution in [2.75, 3.05) is 0 Å². The zero-order valence-electron chi connectivity index (χ0n) is 41.3. The molecule has 0 spiro atoms. The number of benzene rings is 7. The van der Waals surface area contributed by atoms with Crippen LogP contribution < -0.4 is 0 Å². The third-order valence-electron chi connectivity index (χ3n) is 14.8. The van der Waals surface area contributed by atoms with Crippen molar-refractivity contribution in [3.63, 3.8) is 0 Å². The Morgan fingerprint density at radius 2 is 0.765 bits per heavy atom. The maximum atomic E-state index is 4.08. The van der Waals surface area contributed by atoms with Crippen LogP contribution in [0, 0.1) is 0 Å². The first-order valence-corrected chi connectivity index (χ1v) is 28.1. The van der Waals surface area contributed by atoms with E-state index in [4.69, 9.17) is 0 Å². The Morgan fingerprint density at radius 3 is 1.31 bits per heavy atom. The second-order valence-corrected chi connectivity index (χ2v) is 21.4. The van der Waals surface area contributed by atoms with Crippen molar-refractivity contribution in [1.82, 2.24) is 9.13 Å². The quantitative estimate of drug-likeness (QED) is 0.0565. The molecule has 0 aliphatic carbocycles. The van der Waals surface area contributed by atoms with E-state index in [1.165, 1.54) is 211 Å². The van der Waals surface area contributed by atoms with Gasteiger partial charge in [0.2, 0.25) is 0 Å². The Morgan fingerprint density at radius 1 is 0.338 bits per heavy atom. The molecule has 0 amide bonds. The number of nitrogens with zero attached hydrogens (tertiary/aromatic N) is 2. The van der Waals surface area contributed by atoms with Gasteiger partial charge in [-0.15, -0.1) is 0 Å². The molecule has 2 nitrogen and oxygen atoms in total. The van der Waals surface area contributed by atoms with Gasteiger partial charge in [-0.05, 0) is 156 Å². The van der Waals surface area contributed by atoms with Gasteiger partial charge in [-0.1, -0.05) is 197 Å². The van der Waals surface area contributed by atoms with Gasteiger partial charge in [-0.25, -0.2) is 0 Å². The number of halogens is 2. The van der Waals surface area contributed by atoms with Crippen LogP contribution in [0.25, 0.3) is 76.9 Å². The lowest BCUT2D eigenvalue weighted by Gasteiger charge is -2.18. The molecule has 0 N–H and O–H groups in total. The summed E-state index contributed by atoms with van der Waals surface area (Å²) in [5.74, 6) is 0. The molecule has 0 atom stereocenters. The highest BCUT2D eigenvalue weighted by atomic mass is 79.9. The fourth-order valence-electron chi connectivity index (χ4n) is 11.1. The van der Waals surface area contributed by atoms with Gasteiger partial charge in [-0.3, -0.25) is 0 Å². The topological polar surface area (TPSA) is 9.86 Å². The molecule has 2 aromatic heterocycles. The Balaban J connectivity index is 1.20. The fourth-order valence-corrected chi connectivity index (χ4v) is 12.3. The Kier molecular flexibility index (Phi) is 16.3. The van der Waals surface area contributed by atoms with Crippen LogP contribution in [0.2, 0.25) is 0 Å². The molecule has 0 bridgehead atoms. The number of hydrogen-bond acceptors (Lipinski definition) is 0. The number of rotatable bonds is 23. The number of para-hydroxylation sites is 1. The third kappa shape index (κ3) is 10.2. The lowest BCUT2D eigenvalue weighted by atomic mass is 9.98. The minimum absolute atomic E-state index is 1.07. The van der Waals surface area contributed by atoms with Crippen LogP contribution in [0.1, 0.15) is 153 Å². The summed E-state index contributed by atoms with van der Waals surface area (Å²) in [6, 6.07) is 47.4. The molecule has 0 aliphatic rings. The van der Waals surface area contributed by atoms with Crippen molar-refractivity contribution >= 4 is 86.2 Å². The largest absolute Gasteiger partial charge is 0.309 e. The van der Waals surface area contributed by atoms with Crippen LogP contribution in [0.4, 0.5) is 0 Å². The first kappa shape index (κ1) is 48.4. The average molecular weight is 1030 g/mol. The predicted octanol–water partition coefficient (Wildman–Crippen LogP) is 20.7. The van der Waals surface area contributed by atoms with Crippen LogP contribution in [0.15, 0.2) is 130 Å². The smallest absolute Gasteiger partial charge is 0.0547 e. The second kappa shape index (κ2) is 22.9. The summed E-state index contributed by atoms with van der Waals surface area (Å²) >= 11 is 8.13. The summed E-state index contributed by atoms with van der Waals surface area (Å²) in [5.41, 5.74) is 16.0. The first-order chi connectivity index (χ1) is 33.4. The van der Waals surface area contributed by atoms with Crippen LogP contribution in [0.3, 0.4) is 0 Å². The van der Waals surface area contributed by atoms with Crippen molar-refractivity contribution in [2.24, 2.45) is 0 Å². The van der Waals surface area contributed by atoms with E-state index in [0.717, 1.165) is 25.7 Å². The first-order valence-electron chi connectivity index (χ1n) is 26.6. The van der Waals surface area contributed by atoms with E-state index < -0.39 is 0 Å². The number of aromatic nitrogens is 2. The van der Waals surface area contributed by atoms with Crippen LogP contribution in [0.5, 0.6) is 0 Å². The second-order valence-electron chi connectivity index (χ2n) is 19.7. The zero-order chi connectivity index (χ0) is 47.0. The summed E-state index contributed by atoms with van der Waals surface area (Å²) in [6.45, 7) is 9.22. The van der Waals surface area contributed by atoms with E-state index in [-0.39, 0.29) is 0 Å². The molecule has 0 fully saturated rings. The molecule has 9 aromatic rings. The van der Waals surface area contributed by atoms with Crippen molar-refractivity contribution in [3.8, 4) is 22.5 Å². The molecule has 0 saturated carbocycles. The van der Waals surface area contributed by atoms with Gasteiger partial charge in [-0.2, -0.15) is 0 Å². The summed E-state index contributed by atoms with van der Waals surface area (Å²) in [6.07, 6.45) is 24.5. The number of unbranched alkanes of at least 4 members (excludes halogenated alkanes) is 12. The summed E-state index contributed by atoms with van der Waals surface area (Å²) < 4.78 is 7.73. The van der Waals surface area contributed by atoms with Gasteiger partial charge in [0.05, 0.1) is 22.1 Å². The normalized spacial score (nSPS) is 12.0. The highest BCUT2D eigenvalue weighted by Gasteiger charge is 2.21. The molecule has 2 heterocycles. The molecule has 68 heavy (non-hydrogen) atoms. The molecule has 352 valence electrons. The number of fused-ring (bicyclic) bond motifs is 8. The molecule has 4 heteroatoms. The van der Waals surface area contributed by atoms with E-state index >= 15 is 0 Å². The molecule has 7 aromatic carbocycles. The van der Waals surface area contributed by atoms with Crippen LogP contribution in [-0.4, -0.2) is 9.13 Å². The molecular formula is C64H72Br2N2. The van der Waals surface area contributed by atoms with Crippen LogP contribution in [-0.2, 0) is 25.7 Å². The zero-order valence-corrected chi connectivity index (χ0v) is 44.5. The van der Waals surface area contributed by atoms with Crippen molar-refractivity contribution < 1.29 is 0 Å². The minimum atomic E-state index is 1.07.